The van der Waals surface area contributed by atoms with Gasteiger partial charge in [0.2, 0.25) is 0 Å². The zero-order valence-corrected chi connectivity index (χ0v) is 11.8. The van der Waals surface area contributed by atoms with E-state index in [0.29, 0.717) is 0 Å². The Kier molecular flexibility index (Phi) is 4.48. The number of rotatable bonds is 3. The number of hydrogen-bond acceptors (Lipinski definition) is 2. The van der Waals surface area contributed by atoms with E-state index in [9.17, 15) is 0 Å². The van der Waals surface area contributed by atoms with E-state index < -0.39 is 0 Å². The molecule has 0 aromatic rings. The van der Waals surface area contributed by atoms with Crippen LogP contribution in [0.15, 0.2) is 0 Å². The summed E-state index contributed by atoms with van der Waals surface area (Å²) in [4.78, 5) is 2.35. The summed E-state index contributed by atoms with van der Waals surface area (Å²) in [6.45, 7) is 0. The molecule has 2 saturated carbocycles. The van der Waals surface area contributed by atoms with Crippen LogP contribution in [0.25, 0.3) is 0 Å². The van der Waals surface area contributed by atoms with Crippen LogP contribution in [-0.4, -0.2) is 24.7 Å². The van der Waals surface area contributed by atoms with Crippen LogP contribution in [0, 0.1) is 11.8 Å². The van der Waals surface area contributed by atoms with E-state index >= 15 is 0 Å². The van der Waals surface area contributed by atoms with Gasteiger partial charge in [-0.2, -0.15) is 0 Å². The largest absolute Gasteiger partial charge is 0.313 e. The van der Waals surface area contributed by atoms with E-state index in [1.54, 1.807) is 0 Å². The summed E-state index contributed by atoms with van der Waals surface area (Å²) in [5.74, 6) is 1.46. The second-order valence-electron chi connectivity index (χ2n) is 6.45. The number of hydrogen-bond donors (Lipinski definition) is 1. The maximum Gasteiger partial charge on any atom is 0.0740 e. The molecule has 0 spiro atoms. The van der Waals surface area contributed by atoms with Gasteiger partial charge in [0, 0.05) is 0 Å². The Morgan fingerprint density at radius 2 is 1.12 bits per heavy atom. The second kappa shape index (κ2) is 5.71. The van der Waals surface area contributed by atoms with Crippen LogP contribution in [0.5, 0.6) is 0 Å². The molecule has 17 heavy (non-hydrogen) atoms. The van der Waals surface area contributed by atoms with Crippen molar-refractivity contribution in [2.75, 3.05) is 14.1 Å². The van der Waals surface area contributed by atoms with Gasteiger partial charge in [-0.25, -0.2) is 0 Å². The minimum Gasteiger partial charge on any atom is -0.313 e. The third-order valence-electron chi connectivity index (χ3n) is 5.29. The lowest BCUT2D eigenvalue weighted by molar-refractivity contribution is -0.0109. The van der Waals surface area contributed by atoms with Gasteiger partial charge in [-0.1, -0.05) is 38.5 Å². The molecule has 2 aliphatic rings. The highest BCUT2D eigenvalue weighted by molar-refractivity contribution is 4.96. The Morgan fingerprint density at radius 1 is 0.765 bits per heavy atom. The van der Waals surface area contributed by atoms with Gasteiger partial charge in [0.25, 0.3) is 0 Å². The average Bonchev–Trinajstić information content (AvgIpc) is 2.39. The van der Waals surface area contributed by atoms with Gasteiger partial charge in [-0.15, -0.1) is 0 Å². The highest BCUT2D eigenvalue weighted by Gasteiger charge is 2.44. The van der Waals surface area contributed by atoms with Crippen LogP contribution < -0.4 is 5.73 Å². The lowest BCUT2D eigenvalue weighted by Crippen LogP contribution is -2.63. The first-order chi connectivity index (χ1) is 8.15. The summed E-state index contributed by atoms with van der Waals surface area (Å²) in [6, 6.07) is 0. The van der Waals surface area contributed by atoms with Crippen molar-refractivity contribution in [3.63, 3.8) is 0 Å². The van der Waals surface area contributed by atoms with Crippen molar-refractivity contribution in [2.45, 2.75) is 69.9 Å². The average molecular weight is 238 g/mol. The summed E-state index contributed by atoms with van der Waals surface area (Å²) < 4.78 is 0. The summed E-state index contributed by atoms with van der Waals surface area (Å²) in [5.41, 5.74) is 6.89. The van der Waals surface area contributed by atoms with E-state index in [4.69, 9.17) is 5.73 Å². The quantitative estimate of drug-likeness (QED) is 0.764. The lowest BCUT2D eigenvalue weighted by Gasteiger charge is -2.50. The SMILES string of the molecule is CN(C)C(N)(C1CCCCC1)C1CCCCC1. The zero-order chi connectivity index (χ0) is 12.3. The van der Waals surface area contributed by atoms with Gasteiger partial charge < -0.3 is 5.73 Å². The zero-order valence-electron chi connectivity index (χ0n) is 11.8. The van der Waals surface area contributed by atoms with Crippen LogP contribution in [0.1, 0.15) is 64.2 Å². The third kappa shape index (κ3) is 2.68. The Bertz CT molecular complexity index is 207. The molecular formula is C15H30N2. The molecule has 0 aromatic heterocycles. The van der Waals surface area contributed by atoms with E-state index in [1.807, 2.05) is 0 Å². The van der Waals surface area contributed by atoms with Crippen LogP contribution in [0.3, 0.4) is 0 Å². The van der Waals surface area contributed by atoms with E-state index in [-0.39, 0.29) is 5.66 Å². The van der Waals surface area contributed by atoms with Crippen LogP contribution >= 0.6 is 0 Å². The fourth-order valence-corrected chi connectivity index (χ4v) is 4.19. The third-order valence-corrected chi connectivity index (χ3v) is 5.29. The van der Waals surface area contributed by atoms with Gasteiger partial charge in [0.1, 0.15) is 0 Å². The molecule has 0 unspecified atom stereocenters. The van der Waals surface area contributed by atoms with Crippen molar-refractivity contribution in [3.8, 4) is 0 Å². The molecule has 2 N–H and O–H groups in total. The molecule has 0 saturated heterocycles. The van der Waals surface area contributed by atoms with Crippen LogP contribution in [-0.2, 0) is 0 Å². The molecule has 0 bridgehead atoms. The minimum absolute atomic E-state index is 0.0269. The molecule has 0 heterocycles. The Labute approximate surface area is 107 Å². The molecular weight excluding hydrogens is 208 g/mol. The molecule has 0 radical (unpaired) electrons. The lowest BCUT2D eigenvalue weighted by atomic mass is 9.69. The Morgan fingerprint density at radius 3 is 1.41 bits per heavy atom. The van der Waals surface area contributed by atoms with Gasteiger partial charge in [0.15, 0.2) is 0 Å². The molecule has 0 atom stereocenters. The molecule has 0 amide bonds. The normalized spacial score (nSPS) is 25.4. The standard InChI is InChI=1S/C15H30N2/c1-17(2)15(16,13-9-5-3-6-10-13)14-11-7-4-8-12-14/h13-14H,3-12,16H2,1-2H3. The van der Waals surface area contributed by atoms with Crippen molar-refractivity contribution >= 4 is 0 Å². The smallest absolute Gasteiger partial charge is 0.0740 e. The van der Waals surface area contributed by atoms with Gasteiger partial charge in [-0.05, 0) is 51.6 Å². The van der Waals surface area contributed by atoms with Crippen molar-refractivity contribution in [1.29, 1.82) is 0 Å². The second-order valence-corrected chi connectivity index (χ2v) is 6.45. The van der Waals surface area contributed by atoms with E-state index in [1.165, 1.54) is 64.2 Å². The maximum atomic E-state index is 6.92. The van der Waals surface area contributed by atoms with Crippen molar-refractivity contribution in [3.05, 3.63) is 0 Å². The van der Waals surface area contributed by atoms with Crippen molar-refractivity contribution < 1.29 is 0 Å². The molecule has 0 aromatic carbocycles. The predicted octanol–water partition coefficient (Wildman–Crippen LogP) is 3.36. The molecule has 2 aliphatic carbocycles. The molecule has 2 fully saturated rings. The number of nitrogens with zero attached hydrogens (tertiary/aromatic N) is 1. The first-order valence-electron chi connectivity index (χ1n) is 7.62. The predicted molar refractivity (Wildman–Crippen MR) is 73.8 cm³/mol. The molecule has 2 nitrogen and oxygen atoms in total. The first kappa shape index (κ1) is 13.4. The summed E-state index contributed by atoms with van der Waals surface area (Å²) in [7, 11) is 4.40. The van der Waals surface area contributed by atoms with Crippen molar-refractivity contribution in [1.82, 2.24) is 4.90 Å². The molecule has 2 rings (SSSR count). The van der Waals surface area contributed by atoms with Crippen LogP contribution in [0.2, 0.25) is 0 Å². The van der Waals surface area contributed by atoms with Gasteiger partial charge in [-0.3, -0.25) is 4.90 Å². The Balaban J connectivity index is 2.11. The monoisotopic (exact) mass is 238 g/mol. The number of nitrogens with two attached hydrogens (primary N) is 1. The van der Waals surface area contributed by atoms with Gasteiger partial charge in [0.05, 0.1) is 5.66 Å². The van der Waals surface area contributed by atoms with Crippen molar-refractivity contribution in [2.24, 2.45) is 17.6 Å². The summed E-state index contributed by atoms with van der Waals surface area (Å²) in [6.07, 6.45) is 13.8. The Hall–Kier alpha value is -0.0800. The van der Waals surface area contributed by atoms with E-state index in [2.05, 4.69) is 19.0 Å². The molecule has 2 heteroatoms. The fraction of sp³-hybridized carbons (Fsp3) is 1.00. The highest BCUT2D eigenvalue weighted by atomic mass is 15.2. The summed E-state index contributed by atoms with van der Waals surface area (Å²) in [5, 5.41) is 0. The highest BCUT2D eigenvalue weighted by Crippen LogP contribution is 2.42. The fourth-order valence-electron chi connectivity index (χ4n) is 4.19. The first-order valence-corrected chi connectivity index (χ1v) is 7.62. The van der Waals surface area contributed by atoms with Gasteiger partial charge >= 0.3 is 0 Å². The minimum atomic E-state index is -0.0269. The van der Waals surface area contributed by atoms with E-state index in [0.717, 1.165) is 11.8 Å². The maximum absolute atomic E-state index is 6.92. The molecule has 100 valence electrons. The summed E-state index contributed by atoms with van der Waals surface area (Å²) >= 11 is 0. The van der Waals surface area contributed by atoms with Crippen LogP contribution in [0.4, 0.5) is 0 Å². The molecule has 0 aliphatic heterocycles. The topological polar surface area (TPSA) is 29.3 Å².